The molecule has 0 bridgehead atoms. The number of rotatable bonds is 11. The lowest BCUT2D eigenvalue weighted by molar-refractivity contribution is 0.173. The van der Waals surface area contributed by atoms with Crippen LogP contribution in [0.5, 0.6) is 0 Å². The maximum Gasteiger partial charge on any atom is 0.257 e. The number of furan rings is 2. The normalized spacial score (nSPS) is 16.7. The average molecular weight is 1630 g/mol. The molecule has 6 heterocycles. The predicted octanol–water partition coefficient (Wildman–Crippen LogP) is 28.2. The summed E-state index contributed by atoms with van der Waals surface area (Å²) in [6.45, 7) is 40.9. The van der Waals surface area contributed by atoms with Gasteiger partial charge in [-0.1, -0.05) is 305 Å². The van der Waals surface area contributed by atoms with Crippen LogP contribution in [0.25, 0.3) is 66.4 Å². The zero-order chi connectivity index (χ0) is 86.1. The van der Waals surface area contributed by atoms with Gasteiger partial charge in [0.2, 0.25) is 11.8 Å². The molecular formula is C117H110B2N4O2. The third kappa shape index (κ3) is 12.5. The van der Waals surface area contributed by atoms with Gasteiger partial charge in [-0.05, 0) is 296 Å². The maximum atomic E-state index is 7.88. The lowest BCUT2D eigenvalue weighted by atomic mass is 9.33. The van der Waals surface area contributed by atoms with Crippen molar-refractivity contribution in [2.45, 2.75) is 181 Å². The fourth-order valence-electron chi connectivity index (χ4n) is 22.8. The first-order valence-electron chi connectivity index (χ1n) is 45.5. The summed E-state index contributed by atoms with van der Waals surface area (Å²) in [5.41, 5.74) is 39.7. The van der Waals surface area contributed by atoms with Gasteiger partial charge in [0.1, 0.15) is 11.2 Å². The summed E-state index contributed by atoms with van der Waals surface area (Å²) in [7, 11) is 0. The molecule has 0 N–H and O–H groups in total. The Bertz CT molecular complexity index is 7040. The van der Waals surface area contributed by atoms with Gasteiger partial charge in [0.05, 0.1) is 0 Å². The van der Waals surface area contributed by atoms with E-state index in [9.17, 15) is 0 Å². The summed E-state index contributed by atoms with van der Waals surface area (Å²) in [5, 5.41) is 2.36. The molecule has 0 saturated heterocycles. The number of fused-ring (bicyclic) bond motifs is 14. The van der Waals surface area contributed by atoms with Gasteiger partial charge >= 0.3 is 0 Å². The van der Waals surface area contributed by atoms with Crippen LogP contribution in [0.15, 0.2) is 312 Å². The molecule has 16 aromatic rings. The molecule has 6 aliphatic rings. The van der Waals surface area contributed by atoms with Crippen LogP contribution in [0.1, 0.15) is 181 Å². The van der Waals surface area contributed by atoms with Crippen molar-refractivity contribution < 1.29 is 8.83 Å². The van der Waals surface area contributed by atoms with Crippen molar-refractivity contribution in [3.63, 3.8) is 0 Å². The molecule has 8 heteroatoms. The molecule has 2 aliphatic carbocycles. The highest BCUT2D eigenvalue weighted by molar-refractivity contribution is 7.02. The minimum Gasteiger partial charge on any atom is -0.440 e. The van der Waals surface area contributed by atoms with E-state index in [1.54, 1.807) is 0 Å². The Morgan fingerprint density at radius 2 is 0.704 bits per heavy atom. The molecule has 2 aromatic heterocycles. The van der Waals surface area contributed by atoms with E-state index >= 15 is 0 Å². The lowest BCUT2D eigenvalue weighted by Crippen LogP contribution is -2.61. The van der Waals surface area contributed by atoms with E-state index in [1.165, 1.54) is 155 Å². The second-order valence-corrected chi connectivity index (χ2v) is 42.3. The first kappa shape index (κ1) is 78.5. The number of anilines is 12. The molecule has 14 aromatic carbocycles. The highest BCUT2D eigenvalue weighted by Gasteiger charge is 2.53. The van der Waals surface area contributed by atoms with Gasteiger partial charge in [0, 0.05) is 78.6 Å². The van der Waals surface area contributed by atoms with Crippen molar-refractivity contribution in [3.8, 4) is 44.5 Å². The zero-order valence-corrected chi connectivity index (χ0v) is 75.5. The molecule has 616 valence electrons. The molecule has 0 saturated carbocycles. The SMILES string of the molecule is Cc1cc2c3c(c1)N(c1ccc(C(C)(C)C)cc1)c1oc4cc5c(cc4c1B3c1cc(-c3ccccc3)ccc1N2c1ccc(-c2ccccc2)cc1)C(C)(C)C(CC(C)(C)c1cc2c3c(c1)N(c1ccc(C(C)(C)C)cc1)c1oc4cc6c(cc4c1B3c1ccc(-c3ccccc3)cc1N2c1cccc(-c2ccccc2)c1)C(C)(C)CCC6(C)C)CC5(C)C. The summed E-state index contributed by atoms with van der Waals surface area (Å²) in [4.78, 5) is 10.2. The van der Waals surface area contributed by atoms with Crippen LogP contribution >= 0.6 is 0 Å². The van der Waals surface area contributed by atoms with E-state index in [1.807, 2.05) is 0 Å². The van der Waals surface area contributed by atoms with Crippen LogP contribution in [-0.4, -0.2) is 13.4 Å². The molecule has 4 aliphatic heterocycles. The molecule has 125 heavy (non-hydrogen) atoms. The monoisotopic (exact) mass is 1620 g/mol. The number of benzene rings is 14. The Labute approximate surface area is 739 Å². The zero-order valence-electron chi connectivity index (χ0n) is 75.5. The predicted molar refractivity (Wildman–Crippen MR) is 531 cm³/mol. The molecule has 0 radical (unpaired) electrons. The van der Waals surface area contributed by atoms with Gasteiger partial charge < -0.3 is 18.6 Å². The van der Waals surface area contributed by atoms with E-state index in [4.69, 9.17) is 8.83 Å². The van der Waals surface area contributed by atoms with Crippen LogP contribution in [0.2, 0.25) is 0 Å². The minimum absolute atomic E-state index is 0.0316. The number of nitrogens with zero attached hydrogens (tertiary/aromatic N) is 4. The highest BCUT2D eigenvalue weighted by Crippen LogP contribution is 2.58. The smallest absolute Gasteiger partial charge is 0.257 e. The Balaban J connectivity index is 0.747. The van der Waals surface area contributed by atoms with Crippen LogP contribution < -0.4 is 52.4 Å². The molecule has 22 rings (SSSR count). The Kier molecular flexibility index (Phi) is 17.6. The summed E-state index contributed by atoms with van der Waals surface area (Å²) in [5.74, 6) is 1.99. The van der Waals surface area contributed by atoms with Gasteiger partial charge in [-0.25, -0.2) is 0 Å². The van der Waals surface area contributed by atoms with Crippen LogP contribution in [0.3, 0.4) is 0 Å². The average Bonchev–Trinajstić information content (AvgIpc) is 1.62. The molecule has 0 fully saturated rings. The summed E-state index contributed by atoms with van der Waals surface area (Å²) in [6, 6.07) is 116. The van der Waals surface area contributed by atoms with E-state index in [0.717, 1.165) is 82.7 Å². The van der Waals surface area contributed by atoms with Crippen molar-refractivity contribution in [2.75, 3.05) is 19.6 Å². The van der Waals surface area contributed by atoms with Crippen LogP contribution in [0.4, 0.5) is 68.6 Å². The Morgan fingerprint density at radius 3 is 1.22 bits per heavy atom. The second kappa shape index (κ2) is 28.0. The van der Waals surface area contributed by atoms with Crippen molar-refractivity contribution in [3.05, 3.63) is 348 Å². The van der Waals surface area contributed by atoms with Crippen molar-refractivity contribution in [1.82, 2.24) is 0 Å². The van der Waals surface area contributed by atoms with Gasteiger partial charge in [-0.15, -0.1) is 0 Å². The molecule has 0 spiro atoms. The molecule has 0 amide bonds. The first-order valence-corrected chi connectivity index (χ1v) is 45.5. The topological polar surface area (TPSA) is 39.2 Å². The Hall–Kier alpha value is -12.5. The number of aryl methyl sites for hydroxylation is 1. The number of hydrogen-bond donors (Lipinski definition) is 0. The third-order valence-electron chi connectivity index (χ3n) is 30.0. The van der Waals surface area contributed by atoms with Gasteiger partial charge in [0.15, 0.2) is 0 Å². The van der Waals surface area contributed by atoms with Crippen molar-refractivity contribution >= 4 is 137 Å². The van der Waals surface area contributed by atoms with Gasteiger partial charge in [-0.2, -0.15) is 0 Å². The van der Waals surface area contributed by atoms with E-state index in [0.29, 0.717) is 0 Å². The highest BCUT2D eigenvalue weighted by atomic mass is 16.4. The van der Waals surface area contributed by atoms with Crippen LogP contribution in [0, 0.1) is 12.8 Å². The van der Waals surface area contributed by atoms with E-state index in [-0.39, 0.29) is 51.8 Å². The molecule has 1 unspecified atom stereocenters. The number of hydrogen-bond acceptors (Lipinski definition) is 6. The van der Waals surface area contributed by atoms with Crippen molar-refractivity contribution in [1.29, 1.82) is 0 Å². The van der Waals surface area contributed by atoms with E-state index < -0.39 is 5.41 Å². The Morgan fingerprint density at radius 1 is 0.312 bits per heavy atom. The largest absolute Gasteiger partial charge is 0.440 e. The quantitative estimate of drug-likeness (QED) is 0.120. The minimum atomic E-state index is -0.414. The molecular weight excluding hydrogens is 1510 g/mol. The summed E-state index contributed by atoms with van der Waals surface area (Å²) in [6.07, 6.45) is 4.11. The summed E-state index contributed by atoms with van der Waals surface area (Å²) >= 11 is 0. The molecule has 1 atom stereocenters. The third-order valence-corrected chi connectivity index (χ3v) is 30.0. The lowest BCUT2D eigenvalue weighted by Gasteiger charge is -2.50. The fraction of sp³-hybridized carbons (Fsp3) is 0.248. The van der Waals surface area contributed by atoms with Crippen molar-refractivity contribution in [2.24, 2.45) is 5.92 Å². The summed E-state index contributed by atoms with van der Waals surface area (Å²) < 4.78 is 15.8. The first-order chi connectivity index (χ1) is 59.8. The molecule has 6 nitrogen and oxygen atoms in total. The second-order valence-electron chi connectivity index (χ2n) is 42.3. The van der Waals surface area contributed by atoms with Crippen LogP contribution in [-0.2, 0) is 37.9 Å². The van der Waals surface area contributed by atoms with Gasteiger partial charge in [0.25, 0.3) is 13.4 Å². The van der Waals surface area contributed by atoms with E-state index in [2.05, 4.69) is 441 Å². The van der Waals surface area contributed by atoms with Gasteiger partial charge in [-0.3, -0.25) is 9.80 Å². The maximum absolute atomic E-state index is 7.88. The fourth-order valence-corrected chi connectivity index (χ4v) is 22.8. The standard InChI is InChI=1S/C117H110B2N4O2/c1-72-59-99-107-100(60-72)122(86-51-45-81(46-52-86)111(2,3)4)110-106(119(107)96-62-79(75-35-26-20-27-36-75)44-56-97(96)120(99)85-49-41-77(42-50-85)73-31-22-18-23-32-73)90-67-94-93(69-104(90)125-110)116(14,15)71-84(117(94,16)17)70-115(12,13)83-64-101-108-102(65-83)123(87-53-47-82(48-54-87)112(5,6)7)109-105(89-66-91-92(68-103(89)124-109)114(10,11)58-57-113(91,8)9)118(108)95-55-43-80(76-37-28-21-29-38-76)63-98(95)121(101)88-40-30-39-78(61-88)74-33-24-19-25-34-74/h18-56,59-69,84H,57-58,70-71H2,1-17H3.